The Morgan fingerprint density at radius 2 is 2.27 bits per heavy atom. The second kappa shape index (κ2) is 7.42. The lowest BCUT2D eigenvalue weighted by atomic mass is 10.2. The van der Waals surface area contributed by atoms with E-state index < -0.39 is 17.9 Å². The van der Waals surface area contributed by atoms with Crippen LogP contribution in [0.2, 0.25) is 5.02 Å². The number of morpholine rings is 1. The zero-order valence-electron chi connectivity index (χ0n) is 11.6. The van der Waals surface area contributed by atoms with Crippen molar-refractivity contribution in [2.75, 3.05) is 26.3 Å². The zero-order valence-corrected chi connectivity index (χ0v) is 12.4. The molecular formula is C14H15ClFNO5. The van der Waals surface area contributed by atoms with Gasteiger partial charge in [-0.3, -0.25) is 4.79 Å². The Morgan fingerprint density at radius 1 is 1.50 bits per heavy atom. The van der Waals surface area contributed by atoms with Gasteiger partial charge in [-0.1, -0.05) is 11.6 Å². The number of hydrogen-bond donors (Lipinski definition) is 1. The van der Waals surface area contributed by atoms with Crippen molar-refractivity contribution in [3.8, 4) is 5.75 Å². The summed E-state index contributed by atoms with van der Waals surface area (Å²) in [4.78, 5) is 24.3. The van der Waals surface area contributed by atoms with E-state index in [1.165, 1.54) is 17.0 Å². The maximum absolute atomic E-state index is 12.9. The molecule has 1 fully saturated rings. The molecule has 1 saturated heterocycles. The second-order valence-electron chi connectivity index (χ2n) is 4.71. The fraction of sp³-hybridized carbons (Fsp3) is 0.429. The third kappa shape index (κ3) is 4.32. The van der Waals surface area contributed by atoms with Gasteiger partial charge in [-0.25, -0.2) is 9.18 Å². The van der Waals surface area contributed by atoms with Gasteiger partial charge in [0.25, 0.3) is 0 Å². The van der Waals surface area contributed by atoms with Crippen LogP contribution >= 0.6 is 11.6 Å². The number of aliphatic carboxylic acids is 1. The van der Waals surface area contributed by atoms with E-state index in [0.717, 1.165) is 6.07 Å². The predicted octanol–water partition coefficient (Wildman–Crippen LogP) is 1.56. The van der Waals surface area contributed by atoms with Crippen molar-refractivity contribution in [1.82, 2.24) is 4.90 Å². The Balaban J connectivity index is 1.81. The molecule has 2 rings (SSSR count). The van der Waals surface area contributed by atoms with E-state index in [0.29, 0.717) is 12.3 Å². The lowest BCUT2D eigenvalue weighted by molar-refractivity contribution is -0.159. The van der Waals surface area contributed by atoms with Gasteiger partial charge in [0.1, 0.15) is 11.6 Å². The van der Waals surface area contributed by atoms with Crippen LogP contribution in [-0.2, 0) is 14.3 Å². The molecule has 8 heteroatoms. The molecule has 0 aromatic heterocycles. The molecule has 0 radical (unpaired) electrons. The average molecular weight is 332 g/mol. The Bertz CT molecular complexity index is 568. The standard InChI is InChI=1S/C14H15ClFNO5/c15-10-7-9(16)1-2-11(10)21-5-3-13(18)17-4-6-22-12(8-17)14(19)20/h1-2,7,12H,3-6,8H2,(H,19,20)/t12-/m0/s1. The predicted molar refractivity (Wildman–Crippen MR) is 75.5 cm³/mol. The van der Waals surface area contributed by atoms with Gasteiger partial charge < -0.3 is 19.5 Å². The summed E-state index contributed by atoms with van der Waals surface area (Å²) in [6.07, 6.45) is -0.926. The van der Waals surface area contributed by atoms with Gasteiger partial charge in [-0.2, -0.15) is 0 Å². The fourth-order valence-corrected chi connectivity index (χ4v) is 2.25. The van der Waals surface area contributed by atoms with Crippen molar-refractivity contribution >= 4 is 23.5 Å². The van der Waals surface area contributed by atoms with E-state index in [1.807, 2.05) is 0 Å². The molecule has 0 unspecified atom stereocenters. The van der Waals surface area contributed by atoms with Crippen molar-refractivity contribution in [2.45, 2.75) is 12.5 Å². The normalized spacial score (nSPS) is 18.1. The number of carboxylic acid groups (broad SMARTS) is 1. The number of ether oxygens (including phenoxy) is 2. The third-order valence-corrected chi connectivity index (χ3v) is 3.46. The van der Waals surface area contributed by atoms with Crippen molar-refractivity contribution in [3.63, 3.8) is 0 Å². The maximum Gasteiger partial charge on any atom is 0.334 e. The number of rotatable bonds is 5. The molecule has 0 saturated carbocycles. The molecule has 1 N–H and O–H groups in total. The number of carboxylic acids is 1. The number of hydrogen-bond acceptors (Lipinski definition) is 4. The van der Waals surface area contributed by atoms with Gasteiger partial charge in [-0.15, -0.1) is 0 Å². The van der Waals surface area contributed by atoms with Gasteiger partial charge in [-0.05, 0) is 18.2 Å². The van der Waals surface area contributed by atoms with Crippen LogP contribution in [0.25, 0.3) is 0 Å². The van der Waals surface area contributed by atoms with Crippen molar-refractivity contribution < 1.29 is 28.6 Å². The van der Waals surface area contributed by atoms with E-state index in [9.17, 15) is 14.0 Å². The maximum atomic E-state index is 12.9. The molecule has 1 amide bonds. The van der Waals surface area contributed by atoms with Gasteiger partial charge >= 0.3 is 5.97 Å². The van der Waals surface area contributed by atoms with Crippen LogP contribution in [0.1, 0.15) is 6.42 Å². The van der Waals surface area contributed by atoms with Gasteiger partial charge in [0.15, 0.2) is 6.10 Å². The molecule has 1 atom stereocenters. The van der Waals surface area contributed by atoms with E-state index in [2.05, 4.69) is 0 Å². The fourth-order valence-electron chi connectivity index (χ4n) is 2.02. The highest BCUT2D eigenvalue weighted by Crippen LogP contribution is 2.24. The summed E-state index contributed by atoms with van der Waals surface area (Å²) < 4.78 is 23.3. The number of carbonyl (C=O) groups is 2. The number of benzene rings is 1. The monoisotopic (exact) mass is 331 g/mol. The van der Waals surface area contributed by atoms with Crippen molar-refractivity contribution in [2.24, 2.45) is 0 Å². The molecule has 22 heavy (non-hydrogen) atoms. The quantitative estimate of drug-likeness (QED) is 0.886. The molecule has 0 bridgehead atoms. The molecule has 1 aromatic carbocycles. The second-order valence-corrected chi connectivity index (χ2v) is 5.12. The van der Waals surface area contributed by atoms with E-state index >= 15 is 0 Å². The highest BCUT2D eigenvalue weighted by molar-refractivity contribution is 6.32. The van der Waals surface area contributed by atoms with Crippen LogP contribution in [0.3, 0.4) is 0 Å². The summed E-state index contributed by atoms with van der Waals surface area (Å²) in [5.41, 5.74) is 0. The number of halogens is 2. The van der Waals surface area contributed by atoms with Crippen LogP contribution in [0.5, 0.6) is 5.75 Å². The number of amides is 1. The smallest absolute Gasteiger partial charge is 0.334 e. The zero-order chi connectivity index (χ0) is 16.1. The summed E-state index contributed by atoms with van der Waals surface area (Å²) in [7, 11) is 0. The molecule has 1 aliphatic heterocycles. The first-order chi connectivity index (χ1) is 10.5. The van der Waals surface area contributed by atoms with Gasteiger partial charge in [0.05, 0.1) is 31.2 Å². The number of nitrogens with zero attached hydrogens (tertiary/aromatic N) is 1. The van der Waals surface area contributed by atoms with E-state index in [-0.39, 0.29) is 37.1 Å². The molecular weight excluding hydrogens is 317 g/mol. The molecule has 1 aliphatic rings. The first-order valence-corrected chi connectivity index (χ1v) is 7.05. The SMILES string of the molecule is O=C(O)[C@@H]1CN(C(=O)CCOc2ccc(F)cc2Cl)CCO1. The Hall–Kier alpha value is -1.86. The first-order valence-electron chi connectivity index (χ1n) is 6.67. The third-order valence-electron chi connectivity index (χ3n) is 3.16. The minimum atomic E-state index is -1.09. The highest BCUT2D eigenvalue weighted by Gasteiger charge is 2.28. The first kappa shape index (κ1) is 16.5. The summed E-state index contributed by atoms with van der Waals surface area (Å²) in [6, 6.07) is 3.72. The Labute approximate surface area is 131 Å². The molecule has 1 heterocycles. The topological polar surface area (TPSA) is 76.1 Å². The summed E-state index contributed by atoms with van der Waals surface area (Å²) in [5.74, 6) is -1.50. The summed E-state index contributed by atoms with van der Waals surface area (Å²) >= 11 is 5.81. The van der Waals surface area contributed by atoms with Gasteiger partial charge in [0.2, 0.25) is 5.91 Å². The van der Waals surface area contributed by atoms with Crippen LogP contribution in [0.15, 0.2) is 18.2 Å². The highest BCUT2D eigenvalue weighted by atomic mass is 35.5. The van der Waals surface area contributed by atoms with Crippen molar-refractivity contribution in [1.29, 1.82) is 0 Å². The van der Waals surface area contributed by atoms with E-state index in [4.69, 9.17) is 26.2 Å². The largest absolute Gasteiger partial charge is 0.491 e. The van der Waals surface area contributed by atoms with Crippen LogP contribution in [-0.4, -0.2) is 54.3 Å². The molecule has 0 spiro atoms. The Kier molecular flexibility index (Phi) is 5.57. The van der Waals surface area contributed by atoms with E-state index in [1.54, 1.807) is 0 Å². The average Bonchev–Trinajstić information content (AvgIpc) is 2.49. The van der Waals surface area contributed by atoms with Gasteiger partial charge in [0, 0.05) is 6.54 Å². The number of carbonyl (C=O) groups excluding carboxylic acids is 1. The lowest BCUT2D eigenvalue weighted by Crippen LogP contribution is -2.48. The lowest BCUT2D eigenvalue weighted by Gasteiger charge is -2.30. The summed E-state index contributed by atoms with van der Waals surface area (Å²) in [5, 5.41) is 9.01. The van der Waals surface area contributed by atoms with Crippen LogP contribution in [0.4, 0.5) is 4.39 Å². The summed E-state index contributed by atoms with van der Waals surface area (Å²) in [6.45, 7) is 0.623. The minimum absolute atomic E-state index is 0.0193. The van der Waals surface area contributed by atoms with Crippen molar-refractivity contribution in [3.05, 3.63) is 29.0 Å². The van der Waals surface area contributed by atoms with Crippen LogP contribution < -0.4 is 4.74 Å². The van der Waals surface area contributed by atoms with Crippen LogP contribution in [0, 0.1) is 5.82 Å². The molecule has 1 aromatic rings. The minimum Gasteiger partial charge on any atom is -0.491 e. The molecule has 0 aliphatic carbocycles. The molecule has 120 valence electrons. The molecule has 6 nitrogen and oxygen atoms in total. The Morgan fingerprint density at radius 3 is 2.95 bits per heavy atom.